The summed E-state index contributed by atoms with van der Waals surface area (Å²) in [6, 6.07) is 16.6. The lowest BCUT2D eigenvalue weighted by Gasteiger charge is -2.07. The largest absolute Gasteiger partial charge is 0.339 e. The molecule has 0 atom stereocenters. The van der Waals surface area contributed by atoms with Gasteiger partial charge in [-0.05, 0) is 73.5 Å². The second kappa shape index (κ2) is 7.89. The van der Waals surface area contributed by atoms with Crippen LogP contribution in [0.15, 0.2) is 65.9 Å². The second-order valence-corrected chi connectivity index (χ2v) is 6.34. The minimum absolute atomic E-state index is 0.394. The van der Waals surface area contributed by atoms with Gasteiger partial charge in [-0.1, -0.05) is 17.7 Å². The highest BCUT2D eigenvalue weighted by molar-refractivity contribution is 6.30. The molecular weight excluding hydrogens is 348 g/mol. The van der Waals surface area contributed by atoms with E-state index in [0.717, 1.165) is 22.6 Å². The number of carbonyl (C=O) groups excluding carboxylic acids is 1. The van der Waals surface area contributed by atoms with Gasteiger partial charge in [0.2, 0.25) is 0 Å². The van der Waals surface area contributed by atoms with Gasteiger partial charge in [0.1, 0.15) is 0 Å². The first-order valence-electron chi connectivity index (χ1n) is 8.13. The van der Waals surface area contributed by atoms with Crippen LogP contribution in [-0.4, -0.2) is 16.8 Å². The number of nitrogens with zero attached hydrogens (tertiary/aromatic N) is 2. The maximum atomic E-state index is 12.0. The highest BCUT2D eigenvalue weighted by Gasteiger charge is 2.03. The molecule has 0 aliphatic rings. The Morgan fingerprint density at radius 2 is 1.85 bits per heavy atom. The van der Waals surface area contributed by atoms with Gasteiger partial charge in [0.15, 0.2) is 0 Å². The van der Waals surface area contributed by atoms with E-state index in [-0.39, 0.29) is 0 Å². The number of anilines is 1. The van der Waals surface area contributed by atoms with Gasteiger partial charge in [-0.2, -0.15) is 5.10 Å². The smallest absolute Gasteiger partial charge is 0.316 e. The molecule has 132 valence electrons. The minimum atomic E-state index is -0.394. The fourth-order valence-electron chi connectivity index (χ4n) is 2.47. The summed E-state index contributed by atoms with van der Waals surface area (Å²) in [5.41, 5.74) is 7.29. The van der Waals surface area contributed by atoms with E-state index < -0.39 is 6.03 Å². The van der Waals surface area contributed by atoms with Gasteiger partial charge < -0.3 is 9.88 Å². The molecule has 0 saturated heterocycles. The third-order valence-electron chi connectivity index (χ3n) is 4.01. The van der Waals surface area contributed by atoms with E-state index in [1.54, 1.807) is 6.21 Å². The van der Waals surface area contributed by atoms with Crippen LogP contribution in [0.25, 0.3) is 5.69 Å². The normalized spacial score (nSPS) is 10.9. The third kappa shape index (κ3) is 4.32. The molecule has 5 nitrogen and oxygen atoms in total. The summed E-state index contributed by atoms with van der Waals surface area (Å²) in [7, 11) is 0. The lowest BCUT2D eigenvalue weighted by molar-refractivity contribution is 0.252. The maximum absolute atomic E-state index is 12.0. The van der Waals surface area contributed by atoms with Crippen molar-refractivity contribution < 1.29 is 4.79 Å². The lowest BCUT2D eigenvalue weighted by atomic mass is 10.1. The fourth-order valence-corrected chi connectivity index (χ4v) is 2.60. The first-order valence-corrected chi connectivity index (χ1v) is 8.51. The number of halogens is 1. The molecular formula is C20H19ClN4O. The third-order valence-corrected chi connectivity index (χ3v) is 4.26. The summed E-state index contributed by atoms with van der Waals surface area (Å²) in [5, 5.41) is 7.46. The Hall–Kier alpha value is -3.05. The monoisotopic (exact) mass is 366 g/mol. The average Bonchev–Trinajstić information content (AvgIpc) is 3.07. The lowest BCUT2D eigenvalue weighted by Crippen LogP contribution is -2.24. The van der Waals surface area contributed by atoms with Crippen LogP contribution in [0.4, 0.5) is 10.5 Å². The molecule has 0 unspecified atom stereocenters. The highest BCUT2D eigenvalue weighted by Crippen LogP contribution is 2.16. The van der Waals surface area contributed by atoms with Crippen LogP contribution in [0.5, 0.6) is 0 Å². The Balaban J connectivity index is 1.64. The van der Waals surface area contributed by atoms with Gasteiger partial charge in [-0.15, -0.1) is 0 Å². The zero-order valence-electron chi connectivity index (χ0n) is 14.5. The summed E-state index contributed by atoms with van der Waals surface area (Å²) in [6.45, 7) is 4.03. The van der Waals surface area contributed by atoms with Crippen molar-refractivity contribution in [1.29, 1.82) is 0 Å². The van der Waals surface area contributed by atoms with Crippen molar-refractivity contribution in [2.45, 2.75) is 13.8 Å². The van der Waals surface area contributed by atoms with Gasteiger partial charge in [0, 0.05) is 22.6 Å². The molecule has 0 radical (unpaired) electrons. The molecule has 2 N–H and O–H groups in total. The van der Waals surface area contributed by atoms with Gasteiger partial charge >= 0.3 is 6.03 Å². The quantitative estimate of drug-likeness (QED) is 0.500. The Bertz CT molecular complexity index is 945. The van der Waals surface area contributed by atoms with E-state index in [9.17, 15) is 4.79 Å². The molecule has 1 aromatic heterocycles. The number of nitrogens with one attached hydrogen (secondary N) is 2. The summed E-state index contributed by atoms with van der Waals surface area (Å²) >= 11 is 5.93. The Labute approximate surface area is 157 Å². The van der Waals surface area contributed by atoms with Crippen LogP contribution in [-0.2, 0) is 0 Å². The molecule has 0 fully saturated rings. The molecule has 2 amide bonds. The fraction of sp³-hybridized carbons (Fsp3) is 0.100. The minimum Gasteiger partial charge on any atom is -0.316 e. The number of hydrogen-bond acceptors (Lipinski definition) is 2. The van der Waals surface area contributed by atoms with Crippen molar-refractivity contribution in [3.05, 3.63) is 82.6 Å². The molecule has 2 aromatic carbocycles. The van der Waals surface area contributed by atoms with Crippen molar-refractivity contribution in [3.8, 4) is 5.69 Å². The van der Waals surface area contributed by atoms with Crippen molar-refractivity contribution in [1.82, 2.24) is 9.99 Å². The van der Waals surface area contributed by atoms with Crippen LogP contribution < -0.4 is 10.7 Å². The van der Waals surface area contributed by atoms with Crippen LogP contribution >= 0.6 is 11.6 Å². The number of aryl methyl sites for hydroxylation is 2. The SMILES string of the molecule is Cc1ccc(NC(=O)N/N=C/c2cccn2-c2ccc(Cl)cc2)cc1C. The standard InChI is InChI=1S/C20H19ClN4O/c1-14-5-8-17(12-15(14)2)23-20(26)24-22-13-19-4-3-11-25(19)18-9-6-16(21)7-10-18/h3-13H,1-2H3,(H2,23,24,26)/b22-13+. The van der Waals surface area contributed by atoms with Crippen LogP contribution in [0.2, 0.25) is 5.02 Å². The number of amides is 2. The first-order chi connectivity index (χ1) is 12.5. The molecule has 26 heavy (non-hydrogen) atoms. The number of hydrogen-bond donors (Lipinski definition) is 2. The number of urea groups is 1. The van der Waals surface area contributed by atoms with E-state index in [2.05, 4.69) is 15.8 Å². The molecule has 1 heterocycles. The van der Waals surface area contributed by atoms with E-state index in [1.165, 1.54) is 5.56 Å². The first kappa shape index (κ1) is 17.8. The Morgan fingerprint density at radius 3 is 2.58 bits per heavy atom. The Kier molecular flexibility index (Phi) is 5.39. The Morgan fingerprint density at radius 1 is 1.08 bits per heavy atom. The van der Waals surface area contributed by atoms with E-state index in [1.807, 2.05) is 79.2 Å². The van der Waals surface area contributed by atoms with Crippen molar-refractivity contribution in [2.24, 2.45) is 5.10 Å². The van der Waals surface area contributed by atoms with E-state index in [0.29, 0.717) is 5.02 Å². The van der Waals surface area contributed by atoms with Crippen LogP contribution in [0, 0.1) is 13.8 Å². The predicted octanol–water partition coefficient (Wildman–Crippen LogP) is 4.90. The number of rotatable bonds is 4. The van der Waals surface area contributed by atoms with Crippen molar-refractivity contribution in [2.75, 3.05) is 5.32 Å². The zero-order chi connectivity index (χ0) is 18.5. The summed E-state index contributed by atoms with van der Waals surface area (Å²) in [5.74, 6) is 0. The topological polar surface area (TPSA) is 58.4 Å². The van der Waals surface area contributed by atoms with E-state index >= 15 is 0 Å². The predicted molar refractivity (Wildman–Crippen MR) is 106 cm³/mol. The van der Waals surface area contributed by atoms with Crippen LogP contribution in [0.3, 0.4) is 0 Å². The van der Waals surface area contributed by atoms with Gasteiger partial charge in [-0.3, -0.25) is 0 Å². The molecule has 0 bridgehead atoms. The molecule has 0 aliphatic heterocycles. The van der Waals surface area contributed by atoms with Gasteiger partial charge in [0.25, 0.3) is 0 Å². The average molecular weight is 367 g/mol. The number of carbonyl (C=O) groups is 1. The summed E-state index contributed by atoms with van der Waals surface area (Å²) in [4.78, 5) is 12.0. The molecule has 6 heteroatoms. The number of benzene rings is 2. The van der Waals surface area contributed by atoms with Crippen molar-refractivity contribution >= 4 is 29.5 Å². The van der Waals surface area contributed by atoms with Crippen molar-refractivity contribution in [3.63, 3.8) is 0 Å². The zero-order valence-corrected chi connectivity index (χ0v) is 15.3. The molecule has 3 aromatic rings. The molecule has 3 rings (SSSR count). The maximum Gasteiger partial charge on any atom is 0.339 e. The molecule has 0 spiro atoms. The molecule has 0 saturated carbocycles. The number of aromatic nitrogens is 1. The summed E-state index contributed by atoms with van der Waals surface area (Å²) in [6.07, 6.45) is 3.51. The second-order valence-electron chi connectivity index (χ2n) is 5.90. The van der Waals surface area contributed by atoms with Gasteiger partial charge in [0.05, 0.1) is 11.9 Å². The summed E-state index contributed by atoms with van der Waals surface area (Å²) < 4.78 is 1.95. The number of hydrazone groups is 1. The van der Waals surface area contributed by atoms with Crippen LogP contribution in [0.1, 0.15) is 16.8 Å². The molecule has 0 aliphatic carbocycles. The van der Waals surface area contributed by atoms with E-state index in [4.69, 9.17) is 11.6 Å². The highest BCUT2D eigenvalue weighted by atomic mass is 35.5. The van der Waals surface area contributed by atoms with Gasteiger partial charge in [-0.25, -0.2) is 10.2 Å².